The van der Waals surface area contributed by atoms with E-state index in [1.54, 1.807) is 6.92 Å². The Kier molecular flexibility index (Phi) is 5.16. The molecular formula is C11H16N2O5. The topological polar surface area (TPSA) is 102 Å². The van der Waals surface area contributed by atoms with Crippen molar-refractivity contribution in [2.75, 3.05) is 6.61 Å². The van der Waals surface area contributed by atoms with Crippen LogP contribution in [0.25, 0.3) is 0 Å². The fourth-order valence-electron chi connectivity index (χ4n) is 1.33. The lowest BCUT2D eigenvalue weighted by molar-refractivity contribution is -0.142. The summed E-state index contributed by atoms with van der Waals surface area (Å²) in [7, 11) is 0. The first kappa shape index (κ1) is 14.0. The van der Waals surface area contributed by atoms with E-state index in [-0.39, 0.29) is 12.5 Å². The van der Waals surface area contributed by atoms with Gasteiger partial charge in [0.25, 0.3) is 11.8 Å². The number of ether oxygens (including phenoxy) is 1. The third-order valence-electron chi connectivity index (χ3n) is 2.17. The third-order valence-corrected chi connectivity index (χ3v) is 2.17. The van der Waals surface area contributed by atoms with Crippen LogP contribution < -0.4 is 10.1 Å². The molecular weight excluding hydrogens is 240 g/mol. The predicted molar refractivity (Wildman–Crippen MR) is 61.2 cm³/mol. The van der Waals surface area contributed by atoms with Crippen LogP contribution >= 0.6 is 0 Å². The van der Waals surface area contributed by atoms with Gasteiger partial charge in [-0.15, -0.1) is 0 Å². The van der Waals surface area contributed by atoms with Crippen molar-refractivity contribution < 1.29 is 24.0 Å². The van der Waals surface area contributed by atoms with E-state index in [1.165, 1.54) is 6.07 Å². The van der Waals surface area contributed by atoms with Crippen LogP contribution in [0.3, 0.4) is 0 Å². The van der Waals surface area contributed by atoms with Crippen molar-refractivity contribution in [3.63, 3.8) is 0 Å². The molecule has 1 aromatic heterocycles. The first-order valence-electron chi connectivity index (χ1n) is 5.61. The third kappa shape index (κ3) is 4.44. The maximum Gasteiger partial charge on any atom is 0.326 e. The molecule has 1 amide bonds. The average Bonchev–Trinajstić information content (AvgIpc) is 2.72. The first-order chi connectivity index (χ1) is 8.52. The Morgan fingerprint density at radius 2 is 2.33 bits per heavy atom. The molecule has 0 spiro atoms. The van der Waals surface area contributed by atoms with Gasteiger partial charge >= 0.3 is 5.97 Å². The fraction of sp³-hybridized carbons (Fsp3) is 0.545. The highest BCUT2D eigenvalue weighted by atomic mass is 16.5. The Hall–Kier alpha value is -2.05. The van der Waals surface area contributed by atoms with Crippen molar-refractivity contribution in [1.29, 1.82) is 0 Å². The highest BCUT2D eigenvalue weighted by Crippen LogP contribution is 2.09. The van der Waals surface area contributed by atoms with E-state index < -0.39 is 17.9 Å². The summed E-state index contributed by atoms with van der Waals surface area (Å²) < 4.78 is 9.79. The van der Waals surface area contributed by atoms with Crippen LogP contribution in [0, 0.1) is 6.92 Å². The van der Waals surface area contributed by atoms with E-state index in [4.69, 9.17) is 14.4 Å². The number of hydrogen-bond donors (Lipinski definition) is 2. The van der Waals surface area contributed by atoms with E-state index in [2.05, 4.69) is 10.5 Å². The molecule has 0 fully saturated rings. The SMILES string of the molecule is CCC[C@H](NC(=O)COc1cc(C)on1)C(=O)O. The van der Waals surface area contributed by atoms with Gasteiger partial charge in [-0.1, -0.05) is 13.3 Å². The molecule has 100 valence electrons. The maximum absolute atomic E-state index is 11.5. The van der Waals surface area contributed by atoms with E-state index in [1.807, 2.05) is 6.92 Å². The lowest BCUT2D eigenvalue weighted by Crippen LogP contribution is -2.42. The van der Waals surface area contributed by atoms with Crippen molar-refractivity contribution in [2.45, 2.75) is 32.7 Å². The normalized spacial score (nSPS) is 11.9. The van der Waals surface area contributed by atoms with E-state index in [9.17, 15) is 9.59 Å². The minimum atomic E-state index is -1.05. The van der Waals surface area contributed by atoms with Gasteiger partial charge in [0.05, 0.1) is 0 Å². The van der Waals surface area contributed by atoms with Crippen LogP contribution in [0.1, 0.15) is 25.5 Å². The van der Waals surface area contributed by atoms with Gasteiger partial charge in [0.15, 0.2) is 6.61 Å². The molecule has 7 heteroatoms. The van der Waals surface area contributed by atoms with Crippen LogP contribution in [-0.4, -0.2) is 34.8 Å². The molecule has 1 rings (SSSR count). The largest absolute Gasteiger partial charge is 0.480 e. The molecule has 1 aromatic rings. The van der Waals surface area contributed by atoms with Gasteiger partial charge < -0.3 is 19.7 Å². The molecule has 0 aliphatic carbocycles. The monoisotopic (exact) mass is 256 g/mol. The van der Waals surface area contributed by atoms with E-state index in [0.717, 1.165) is 0 Å². The quantitative estimate of drug-likeness (QED) is 0.745. The second kappa shape index (κ2) is 6.63. The summed E-state index contributed by atoms with van der Waals surface area (Å²) in [6.45, 7) is 3.25. The van der Waals surface area contributed by atoms with E-state index in [0.29, 0.717) is 18.6 Å². The van der Waals surface area contributed by atoms with Gasteiger partial charge in [-0.2, -0.15) is 0 Å². The Morgan fingerprint density at radius 3 is 2.83 bits per heavy atom. The summed E-state index contributed by atoms with van der Waals surface area (Å²) in [4.78, 5) is 22.3. The van der Waals surface area contributed by atoms with Crippen molar-refractivity contribution in [1.82, 2.24) is 10.5 Å². The molecule has 0 aromatic carbocycles. The number of carboxylic acid groups (broad SMARTS) is 1. The molecule has 0 saturated heterocycles. The van der Waals surface area contributed by atoms with Crippen LogP contribution in [0.15, 0.2) is 10.6 Å². The predicted octanol–water partition coefficient (Wildman–Crippen LogP) is 0.731. The minimum Gasteiger partial charge on any atom is -0.480 e. The zero-order valence-electron chi connectivity index (χ0n) is 10.3. The Balaban J connectivity index is 2.38. The Morgan fingerprint density at radius 1 is 1.61 bits per heavy atom. The molecule has 18 heavy (non-hydrogen) atoms. The van der Waals surface area contributed by atoms with Gasteiger partial charge in [0, 0.05) is 6.07 Å². The van der Waals surface area contributed by atoms with Gasteiger partial charge in [0.1, 0.15) is 11.8 Å². The zero-order valence-corrected chi connectivity index (χ0v) is 10.3. The van der Waals surface area contributed by atoms with Crippen LogP contribution in [0.4, 0.5) is 0 Å². The Labute approximate surface area is 104 Å². The number of carbonyl (C=O) groups excluding carboxylic acids is 1. The van der Waals surface area contributed by atoms with Crippen LogP contribution in [0.5, 0.6) is 5.88 Å². The summed E-state index contributed by atoms with van der Waals surface area (Å²) in [5, 5.41) is 14.8. The van der Waals surface area contributed by atoms with Gasteiger partial charge in [-0.05, 0) is 18.5 Å². The highest BCUT2D eigenvalue weighted by molar-refractivity contribution is 5.84. The lowest BCUT2D eigenvalue weighted by atomic mass is 10.2. The number of carboxylic acids is 1. The van der Waals surface area contributed by atoms with E-state index >= 15 is 0 Å². The average molecular weight is 256 g/mol. The molecule has 0 aliphatic rings. The fourth-order valence-corrected chi connectivity index (χ4v) is 1.33. The number of amides is 1. The van der Waals surface area contributed by atoms with Gasteiger partial charge in [-0.25, -0.2) is 4.79 Å². The minimum absolute atomic E-state index is 0.199. The number of carbonyl (C=O) groups is 2. The summed E-state index contributed by atoms with van der Waals surface area (Å²) in [6.07, 6.45) is 1.05. The zero-order chi connectivity index (χ0) is 13.5. The van der Waals surface area contributed by atoms with Crippen molar-refractivity contribution in [2.24, 2.45) is 0 Å². The molecule has 0 bridgehead atoms. The van der Waals surface area contributed by atoms with Crippen molar-refractivity contribution in [3.05, 3.63) is 11.8 Å². The number of aryl methyl sites for hydroxylation is 1. The molecule has 1 atom stereocenters. The molecule has 2 N–H and O–H groups in total. The van der Waals surface area contributed by atoms with Crippen LogP contribution in [0.2, 0.25) is 0 Å². The number of aromatic nitrogens is 1. The molecule has 7 nitrogen and oxygen atoms in total. The standard InChI is InChI=1S/C11H16N2O5/c1-3-4-8(11(15)16)12-9(14)6-17-10-5-7(2)18-13-10/h5,8H,3-4,6H2,1-2H3,(H,12,14)(H,15,16)/t8-/m0/s1. The Bertz CT molecular complexity index is 415. The molecule has 0 aliphatic heterocycles. The smallest absolute Gasteiger partial charge is 0.326 e. The number of hydrogen-bond acceptors (Lipinski definition) is 5. The second-order valence-electron chi connectivity index (χ2n) is 3.81. The molecule has 0 unspecified atom stereocenters. The lowest BCUT2D eigenvalue weighted by Gasteiger charge is -2.13. The maximum atomic E-state index is 11.5. The van der Waals surface area contributed by atoms with Crippen LogP contribution in [-0.2, 0) is 9.59 Å². The summed E-state index contributed by atoms with van der Waals surface area (Å²) >= 11 is 0. The molecule has 0 saturated carbocycles. The number of aliphatic carboxylic acids is 1. The van der Waals surface area contributed by atoms with Crippen molar-refractivity contribution >= 4 is 11.9 Å². The highest BCUT2D eigenvalue weighted by Gasteiger charge is 2.19. The van der Waals surface area contributed by atoms with Gasteiger partial charge in [0.2, 0.25) is 0 Å². The summed E-state index contributed by atoms with van der Waals surface area (Å²) in [5.74, 6) is -0.788. The number of nitrogens with zero attached hydrogens (tertiary/aromatic N) is 1. The van der Waals surface area contributed by atoms with Gasteiger partial charge in [-0.3, -0.25) is 4.79 Å². The first-order valence-corrected chi connectivity index (χ1v) is 5.61. The molecule has 0 radical (unpaired) electrons. The second-order valence-corrected chi connectivity index (χ2v) is 3.81. The number of nitrogens with one attached hydrogen (secondary N) is 1. The summed E-state index contributed by atoms with van der Waals surface area (Å²) in [6, 6.07) is 0.652. The number of rotatable bonds is 7. The van der Waals surface area contributed by atoms with Crippen molar-refractivity contribution in [3.8, 4) is 5.88 Å². The summed E-state index contributed by atoms with van der Waals surface area (Å²) in [5.41, 5.74) is 0. The molecule has 1 heterocycles.